The molecular weight excluding hydrogens is 349 g/mol. The lowest BCUT2D eigenvalue weighted by Gasteiger charge is -2.07. The number of nitrogens with zero attached hydrogens (tertiary/aromatic N) is 4. The Balaban J connectivity index is 1.64. The summed E-state index contributed by atoms with van der Waals surface area (Å²) < 4.78 is 3.24. The highest BCUT2D eigenvalue weighted by molar-refractivity contribution is 6.35. The van der Waals surface area contributed by atoms with Crippen molar-refractivity contribution in [1.82, 2.24) is 19.6 Å². The molecule has 3 rings (SSSR count). The molecule has 0 atom stereocenters. The van der Waals surface area contributed by atoms with E-state index in [4.69, 9.17) is 23.2 Å². The first kappa shape index (κ1) is 16.5. The summed E-state index contributed by atoms with van der Waals surface area (Å²) in [6, 6.07) is 7.07. The zero-order chi connectivity index (χ0) is 17.1. The first-order valence-electron chi connectivity index (χ1n) is 7.26. The fourth-order valence-corrected chi connectivity index (χ4v) is 2.76. The molecule has 2 aromatic heterocycles. The maximum atomic E-state index is 12.0. The van der Waals surface area contributed by atoms with E-state index in [-0.39, 0.29) is 12.5 Å². The van der Waals surface area contributed by atoms with E-state index in [1.54, 1.807) is 52.2 Å². The molecule has 6 nitrogen and oxygen atoms in total. The molecule has 0 radical (unpaired) electrons. The molecule has 0 aliphatic heterocycles. The highest BCUT2D eigenvalue weighted by Gasteiger charge is 2.09. The summed E-state index contributed by atoms with van der Waals surface area (Å²) in [7, 11) is 0. The van der Waals surface area contributed by atoms with Gasteiger partial charge in [-0.15, -0.1) is 0 Å². The Morgan fingerprint density at radius 2 is 1.96 bits per heavy atom. The number of hydrogen-bond donors (Lipinski definition) is 1. The van der Waals surface area contributed by atoms with Gasteiger partial charge >= 0.3 is 0 Å². The van der Waals surface area contributed by atoms with Crippen LogP contribution in [0, 0.1) is 6.92 Å². The molecule has 2 heterocycles. The van der Waals surface area contributed by atoms with E-state index in [1.807, 2.05) is 6.92 Å². The van der Waals surface area contributed by atoms with Gasteiger partial charge in [0, 0.05) is 34.1 Å². The number of anilines is 1. The minimum Gasteiger partial charge on any atom is -0.308 e. The van der Waals surface area contributed by atoms with Gasteiger partial charge in [-0.25, -0.2) is 0 Å². The van der Waals surface area contributed by atoms with Gasteiger partial charge in [0.1, 0.15) is 6.54 Å². The Kier molecular flexibility index (Phi) is 4.87. The lowest BCUT2D eigenvalue weighted by atomic mass is 10.2. The number of nitrogens with one attached hydrogen (secondary N) is 1. The van der Waals surface area contributed by atoms with Crippen LogP contribution in [0.1, 0.15) is 11.1 Å². The van der Waals surface area contributed by atoms with Crippen molar-refractivity contribution in [1.29, 1.82) is 0 Å². The van der Waals surface area contributed by atoms with E-state index >= 15 is 0 Å². The van der Waals surface area contributed by atoms with Crippen molar-refractivity contribution in [3.8, 4) is 0 Å². The van der Waals surface area contributed by atoms with Gasteiger partial charge < -0.3 is 5.32 Å². The lowest BCUT2D eigenvalue weighted by molar-refractivity contribution is -0.116. The second-order valence-electron chi connectivity index (χ2n) is 5.36. The predicted octanol–water partition coefficient (Wildman–Crippen LogP) is 3.38. The number of aromatic nitrogens is 4. The number of aryl methyl sites for hydroxylation is 1. The fourth-order valence-electron chi connectivity index (χ4n) is 2.24. The van der Waals surface area contributed by atoms with Crippen LogP contribution in [0.4, 0.5) is 5.82 Å². The largest absolute Gasteiger partial charge is 0.308 e. The van der Waals surface area contributed by atoms with Crippen LogP contribution in [-0.2, 0) is 17.9 Å². The number of hydrogen-bond acceptors (Lipinski definition) is 3. The normalized spacial score (nSPS) is 10.8. The molecule has 0 aliphatic rings. The van der Waals surface area contributed by atoms with Gasteiger partial charge in [-0.3, -0.25) is 14.2 Å². The number of rotatable bonds is 5. The minimum atomic E-state index is -0.195. The van der Waals surface area contributed by atoms with Gasteiger partial charge in [0.05, 0.1) is 12.7 Å². The predicted molar refractivity (Wildman–Crippen MR) is 93.4 cm³/mol. The molecule has 1 N–H and O–H groups in total. The quantitative estimate of drug-likeness (QED) is 0.755. The van der Waals surface area contributed by atoms with Gasteiger partial charge in [0.15, 0.2) is 5.82 Å². The van der Waals surface area contributed by atoms with E-state index in [2.05, 4.69) is 15.5 Å². The molecule has 24 heavy (non-hydrogen) atoms. The van der Waals surface area contributed by atoms with Gasteiger partial charge in [0.2, 0.25) is 5.91 Å². The average molecular weight is 364 g/mol. The molecule has 0 unspecified atom stereocenters. The summed E-state index contributed by atoms with van der Waals surface area (Å²) in [4.78, 5) is 12.0. The van der Waals surface area contributed by atoms with Gasteiger partial charge in [-0.05, 0) is 24.6 Å². The summed E-state index contributed by atoms with van der Waals surface area (Å²) in [5, 5.41) is 12.3. The topological polar surface area (TPSA) is 64.7 Å². The van der Waals surface area contributed by atoms with Crippen molar-refractivity contribution in [2.75, 3.05) is 5.32 Å². The van der Waals surface area contributed by atoms with Crippen LogP contribution in [0.25, 0.3) is 0 Å². The first-order valence-corrected chi connectivity index (χ1v) is 8.02. The van der Waals surface area contributed by atoms with E-state index in [1.165, 1.54) is 0 Å². The maximum Gasteiger partial charge on any atom is 0.247 e. The Morgan fingerprint density at radius 3 is 2.62 bits per heavy atom. The Hall–Kier alpha value is -2.31. The summed E-state index contributed by atoms with van der Waals surface area (Å²) in [6.07, 6.45) is 5.26. The van der Waals surface area contributed by atoms with Crippen molar-refractivity contribution in [2.45, 2.75) is 20.0 Å². The van der Waals surface area contributed by atoms with E-state index < -0.39 is 0 Å². The van der Waals surface area contributed by atoms with Crippen molar-refractivity contribution >= 4 is 34.9 Å². The van der Waals surface area contributed by atoms with Crippen LogP contribution in [0.3, 0.4) is 0 Å². The lowest BCUT2D eigenvalue weighted by Crippen LogP contribution is -2.19. The van der Waals surface area contributed by atoms with E-state index in [0.29, 0.717) is 22.4 Å². The molecule has 8 heteroatoms. The smallest absolute Gasteiger partial charge is 0.247 e. The maximum absolute atomic E-state index is 12.0. The molecule has 0 aliphatic carbocycles. The first-order chi connectivity index (χ1) is 11.5. The van der Waals surface area contributed by atoms with Crippen molar-refractivity contribution in [3.05, 3.63) is 64.0 Å². The number of halogens is 2. The van der Waals surface area contributed by atoms with Crippen LogP contribution in [0.2, 0.25) is 10.0 Å². The molecule has 0 fully saturated rings. The molecular formula is C16H15Cl2N5O. The molecule has 0 saturated heterocycles. The number of benzene rings is 1. The molecule has 0 bridgehead atoms. The molecule has 1 amide bonds. The third-order valence-electron chi connectivity index (χ3n) is 3.36. The Labute approximate surface area is 149 Å². The minimum absolute atomic E-state index is 0.136. The van der Waals surface area contributed by atoms with Crippen LogP contribution < -0.4 is 5.32 Å². The van der Waals surface area contributed by atoms with Gasteiger partial charge in [0.25, 0.3) is 0 Å². The molecule has 1 aromatic carbocycles. The molecule has 0 saturated carbocycles. The highest BCUT2D eigenvalue weighted by Crippen LogP contribution is 2.25. The van der Waals surface area contributed by atoms with Gasteiger partial charge in [-0.2, -0.15) is 10.2 Å². The van der Waals surface area contributed by atoms with E-state index in [0.717, 1.165) is 11.1 Å². The third-order valence-corrected chi connectivity index (χ3v) is 4.07. The summed E-state index contributed by atoms with van der Waals surface area (Å²) in [5.41, 5.74) is 1.79. The second-order valence-corrected chi connectivity index (χ2v) is 6.18. The fraction of sp³-hybridized carbons (Fsp3) is 0.188. The summed E-state index contributed by atoms with van der Waals surface area (Å²) >= 11 is 12.3. The SMILES string of the molecule is Cc1cnn(CC(=O)Nc2ccn(Cc3c(Cl)cccc3Cl)n2)c1. The number of amides is 1. The molecule has 124 valence electrons. The number of carbonyl (C=O) groups excluding carboxylic acids is 1. The zero-order valence-electron chi connectivity index (χ0n) is 12.9. The second kappa shape index (κ2) is 7.07. The molecule has 0 spiro atoms. The Bertz CT molecular complexity index is 851. The average Bonchev–Trinajstić information content (AvgIpc) is 3.12. The van der Waals surface area contributed by atoms with Gasteiger partial charge in [-0.1, -0.05) is 29.3 Å². The van der Waals surface area contributed by atoms with Crippen molar-refractivity contribution < 1.29 is 4.79 Å². The zero-order valence-corrected chi connectivity index (χ0v) is 14.4. The van der Waals surface area contributed by atoms with Crippen molar-refractivity contribution in [2.24, 2.45) is 0 Å². The van der Waals surface area contributed by atoms with Crippen LogP contribution in [0.5, 0.6) is 0 Å². The molecule has 3 aromatic rings. The monoisotopic (exact) mass is 363 g/mol. The van der Waals surface area contributed by atoms with Crippen LogP contribution >= 0.6 is 23.2 Å². The van der Waals surface area contributed by atoms with Crippen LogP contribution in [0.15, 0.2) is 42.9 Å². The number of carbonyl (C=O) groups is 1. The summed E-state index contributed by atoms with van der Waals surface area (Å²) in [5.74, 6) is 0.270. The van der Waals surface area contributed by atoms with E-state index in [9.17, 15) is 4.79 Å². The summed E-state index contributed by atoms with van der Waals surface area (Å²) in [6.45, 7) is 2.48. The van der Waals surface area contributed by atoms with Crippen molar-refractivity contribution in [3.63, 3.8) is 0 Å². The third kappa shape index (κ3) is 3.96. The highest BCUT2D eigenvalue weighted by atomic mass is 35.5. The Morgan fingerprint density at radius 1 is 1.21 bits per heavy atom. The van der Waals surface area contributed by atoms with Crippen LogP contribution in [-0.4, -0.2) is 25.5 Å². The standard InChI is InChI=1S/C16H15Cl2N5O/c1-11-7-19-23(8-11)10-16(24)20-15-5-6-22(21-15)9-12-13(17)3-2-4-14(12)18/h2-8H,9-10H2,1H3,(H,20,21,24).